The van der Waals surface area contributed by atoms with Gasteiger partial charge in [-0.1, -0.05) is 11.6 Å². The molecule has 3 rings (SSSR count). The SMILES string of the molecule is CC(Cn1cccn1)NC(=O)c1cc(COc2ccc(Cl)cc2)cs1. The molecule has 1 amide bonds. The molecule has 0 aliphatic carbocycles. The number of rotatable bonds is 7. The van der Waals surface area contributed by atoms with E-state index < -0.39 is 0 Å². The highest BCUT2D eigenvalue weighted by Gasteiger charge is 2.13. The molecule has 0 bridgehead atoms. The highest BCUT2D eigenvalue weighted by molar-refractivity contribution is 7.12. The first-order chi connectivity index (χ1) is 12.1. The summed E-state index contributed by atoms with van der Waals surface area (Å²) in [4.78, 5) is 13.0. The van der Waals surface area contributed by atoms with Crippen molar-refractivity contribution in [2.45, 2.75) is 26.1 Å². The minimum Gasteiger partial charge on any atom is -0.489 e. The Hall–Kier alpha value is -2.31. The lowest BCUT2D eigenvalue weighted by molar-refractivity contribution is 0.0940. The van der Waals surface area contributed by atoms with Crippen LogP contribution in [0.15, 0.2) is 54.2 Å². The molecule has 1 atom stereocenters. The fourth-order valence-corrected chi connectivity index (χ4v) is 3.22. The van der Waals surface area contributed by atoms with E-state index >= 15 is 0 Å². The van der Waals surface area contributed by atoms with E-state index in [-0.39, 0.29) is 11.9 Å². The lowest BCUT2D eigenvalue weighted by Gasteiger charge is -2.13. The maximum atomic E-state index is 12.3. The van der Waals surface area contributed by atoms with Gasteiger partial charge in [-0.05, 0) is 48.7 Å². The fourth-order valence-electron chi connectivity index (χ4n) is 2.30. The minimum atomic E-state index is -0.0811. The van der Waals surface area contributed by atoms with E-state index in [1.807, 2.05) is 42.8 Å². The quantitative estimate of drug-likeness (QED) is 0.679. The van der Waals surface area contributed by atoms with Crippen LogP contribution >= 0.6 is 22.9 Å². The Balaban J connectivity index is 1.51. The van der Waals surface area contributed by atoms with Crippen LogP contribution in [0, 0.1) is 0 Å². The minimum absolute atomic E-state index is 0.0109. The number of hydrogen-bond donors (Lipinski definition) is 1. The average Bonchev–Trinajstić information content (AvgIpc) is 3.26. The Morgan fingerprint density at radius 2 is 2.20 bits per heavy atom. The van der Waals surface area contributed by atoms with Crippen LogP contribution in [0.3, 0.4) is 0 Å². The average molecular weight is 376 g/mol. The normalized spacial score (nSPS) is 11.9. The summed E-state index contributed by atoms with van der Waals surface area (Å²) < 4.78 is 7.49. The second-order valence-electron chi connectivity index (χ2n) is 5.66. The standard InChI is InChI=1S/C18H18ClN3O2S/c1-13(10-22-8-2-7-20-22)21-18(23)17-9-14(12-25-17)11-24-16-5-3-15(19)4-6-16/h2-9,12-13H,10-11H2,1H3,(H,21,23). The van der Waals surface area contributed by atoms with Gasteiger partial charge in [0.15, 0.2) is 0 Å². The summed E-state index contributed by atoms with van der Waals surface area (Å²) >= 11 is 7.26. The van der Waals surface area contributed by atoms with Gasteiger partial charge in [-0.25, -0.2) is 0 Å². The van der Waals surface area contributed by atoms with Crippen molar-refractivity contribution >= 4 is 28.8 Å². The summed E-state index contributed by atoms with van der Waals surface area (Å²) in [5.74, 6) is 0.664. The smallest absolute Gasteiger partial charge is 0.261 e. The van der Waals surface area contributed by atoms with Crippen molar-refractivity contribution < 1.29 is 9.53 Å². The molecule has 0 aliphatic heterocycles. The molecule has 0 fully saturated rings. The molecular weight excluding hydrogens is 358 g/mol. The summed E-state index contributed by atoms with van der Waals surface area (Å²) in [7, 11) is 0. The Bertz CT molecular complexity index is 815. The number of thiophene rings is 1. The van der Waals surface area contributed by atoms with Gasteiger partial charge in [-0.2, -0.15) is 5.10 Å². The molecule has 0 spiro atoms. The molecule has 1 unspecified atom stereocenters. The maximum Gasteiger partial charge on any atom is 0.261 e. The van der Waals surface area contributed by atoms with Gasteiger partial charge >= 0.3 is 0 Å². The zero-order valence-corrected chi connectivity index (χ0v) is 15.3. The zero-order valence-electron chi connectivity index (χ0n) is 13.7. The molecule has 25 heavy (non-hydrogen) atoms. The third-order valence-corrected chi connectivity index (χ3v) is 4.72. The first-order valence-electron chi connectivity index (χ1n) is 7.84. The predicted octanol–water partition coefficient (Wildman–Crippen LogP) is 4.00. The van der Waals surface area contributed by atoms with Crippen LogP contribution in [0.25, 0.3) is 0 Å². The largest absolute Gasteiger partial charge is 0.489 e. The van der Waals surface area contributed by atoms with Crippen LogP contribution in [-0.2, 0) is 13.2 Å². The van der Waals surface area contributed by atoms with Crippen molar-refractivity contribution in [3.05, 3.63) is 69.6 Å². The number of nitrogens with zero attached hydrogens (tertiary/aromatic N) is 2. The number of ether oxygens (including phenoxy) is 1. The Kier molecular flexibility index (Phi) is 5.73. The molecule has 3 aromatic rings. The van der Waals surface area contributed by atoms with Crippen LogP contribution in [0.1, 0.15) is 22.2 Å². The van der Waals surface area contributed by atoms with Crippen molar-refractivity contribution in [2.24, 2.45) is 0 Å². The first kappa shape index (κ1) is 17.5. The van der Waals surface area contributed by atoms with Crippen molar-refractivity contribution in [1.82, 2.24) is 15.1 Å². The molecule has 7 heteroatoms. The second kappa shape index (κ2) is 8.18. The molecule has 5 nitrogen and oxygen atoms in total. The van der Waals surface area contributed by atoms with Gasteiger partial charge in [-0.3, -0.25) is 9.48 Å². The van der Waals surface area contributed by atoms with E-state index in [9.17, 15) is 4.79 Å². The summed E-state index contributed by atoms with van der Waals surface area (Å²) in [5, 5.41) is 9.73. The molecule has 2 aromatic heterocycles. The summed E-state index contributed by atoms with van der Waals surface area (Å²) in [6.45, 7) is 3.00. The van der Waals surface area contributed by atoms with Crippen molar-refractivity contribution in [2.75, 3.05) is 0 Å². The zero-order chi connectivity index (χ0) is 17.6. The first-order valence-corrected chi connectivity index (χ1v) is 9.10. The lowest BCUT2D eigenvalue weighted by Crippen LogP contribution is -2.35. The molecule has 0 saturated carbocycles. The van der Waals surface area contributed by atoms with Gasteiger partial charge in [0.25, 0.3) is 5.91 Å². The molecule has 130 valence electrons. The molecule has 0 radical (unpaired) electrons. The van der Waals surface area contributed by atoms with Gasteiger partial charge in [0.2, 0.25) is 0 Å². The van der Waals surface area contributed by atoms with Gasteiger partial charge in [0.1, 0.15) is 12.4 Å². The van der Waals surface area contributed by atoms with E-state index in [1.165, 1.54) is 11.3 Å². The maximum absolute atomic E-state index is 12.3. The monoisotopic (exact) mass is 375 g/mol. The molecule has 0 saturated heterocycles. The number of carbonyl (C=O) groups is 1. The van der Waals surface area contributed by atoms with Crippen molar-refractivity contribution in [3.63, 3.8) is 0 Å². The van der Waals surface area contributed by atoms with Crippen LogP contribution in [-0.4, -0.2) is 21.7 Å². The molecular formula is C18H18ClN3O2S. The van der Waals surface area contributed by atoms with Gasteiger partial charge in [0.05, 0.1) is 11.4 Å². The van der Waals surface area contributed by atoms with Gasteiger partial charge in [0, 0.05) is 29.0 Å². The predicted molar refractivity (Wildman–Crippen MR) is 99.3 cm³/mol. The summed E-state index contributed by atoms with van der Waals surface area (Å²) in [6.07, 6.45) is 3.60. The summed E-state index contributed by atoms with van der Waals surface area (Å²) in [5.41, 5.74) is 0.963. The van der Waals surface area contributed by atoms with E-state index in [0.717, 1.165) is 11.3 Å². The number of benzene rings is 1. The third kappa shape index (κ3) is 5.08. The molecule has 2 heterocycles. The van der Waals surface area contributed by atoms with Crippen LogP contribution < -0.4 is 10.1 Å². The number of halogens is 1. The van der Waals surface area contributed by atoms with Crippen LogP contribution in [0.5, 0.6) is 5.75 Å². The Morgan fingerprint density at radius 1 is 1.40 bits per heavy atom. The van der Waals surface area contributed by atoms with E-state index in [1.54, 1.807) is 23.0 Å². The highest BCUT2D eigenvalue weighted by Crippen LogP contribution is 2.19. The van der Waals surface area contributed by atoms with Crippen molar-refractivity contribution in [3.8, 4) is 5.75 Å². The van der Waals surface area contributed by atoms with Gasteiger partial charge < -0.3 is 10.1 Å². The number of aromatic nitrogens is 2. The summed E-state index contributed by atoms with van der Waals surface area (Å²) in [6, 6.07) is 10.9. The van der Waals surface area contributed by atoms with E-state index in [0.29, 0.717) is 23.1 Å². The van der Waals surface area contributed by atoms with Crippen molar-refractivity contribution in [1.29, 1.82) is 0 Å². The third-order valence-electron chi connectivity index (χ3n) is 3.49. The topological polar surface area (TPSA) is 56.2 Å². The molecule has 0 aliphatic rings. The number of carbonyl (C=O) groups excluding carboxylic acids is 1. The number of nitrogens with one attached hydrogen (secondary N) is 1. The van der Waals surface area contributed by atoms with E-state index in [4.69, 9.17) is 16.3 Å². The van der Waals surface area contributed by atoms with Crippen LogP contribution in [0.4, 0.5) is 0 Å². The van der Waals surface area contributed by atoms with Crippen LogP contribution in [0.2, 0.25) is 5.02 Å². The number of amides is 1. The fraction of sp³-hybridized carbons (Fsp3) is 0.222. The highest BCUT2D eigenvalue weighted by atomic mass is 35.5. The Labute approximate surface area is 155 Å². The Morgan fingerprint density at radius 3 is 2.92 bits per heavy atom. The van der Waals surface area contributed by atoms with Gasteiger partial charge in [-0.15, -0.1) is 11.3 Å². The van der Waals surface area contributed by atoms with E-state index in [2.05, 4.69) is 10.4 Å². The molecule has 1 N–H and O–H groups in total. The molecule has 1 aromatic carbocycles. The lowest BCUT2D eigenvalue weighted by atomic mass is 10.3. The second-order valence-corrected chi connectivity index (χ2v) is 7.01. The number of hydrogen-bond acceptors (Lipinski definition) is 4.